The standard InChI is InChI=1S/C17H10Br2Cl4O2/c18-14-10(20)3-5-12(16(14)22)24-8-1-2-9(7-8)25-13-6-4-11(21)15(19)17(13)23/h1-6,8-9H,7H2/t8-,9+. The van der Waals surface area contributed by atoms with E-state index >= 15 is 0 Å². The van der Waals surface area contributed by atoms with Crippen molar-refractivity contribution >= 4 is 78.3 Å². The minimum Gasteiger partial charge on any atom is -0.485 e. The lowest BCUT2D eigenvalue weighted by atomic mass is 10.2. The molecule has 0 spiro atoms. The maximum absolute atomic E-state index is 6.25. The fourth-order valence-electron chi connectivity index (χ4n) is 2.33. The molecule has 0 N–H and O–H groups in total. The molecular formula is C17H10Br2Cl4O2. The summed E-state index contributed by atoms with van der Waals surface area (Å²) >= 11 is 31.2. The Balaban J connectivity index is 1.66. The molecule has 3 rings (SSSR count). The van der Waals surface area contributed by atoms with Gasteiger partial charge in [0.05, 0.1) is 29.0 Å². The molecule has 0 radical (unpaired) electrons. The molecular weight excluding hydrogens is 538 g/mol. The zero-order valence-electron chi connectivity index (χ0n) is 12.4. The van der Waals surface area contributed by atoms with Crippen LogP contribution in [0.25, 0.3) is 0 Å². The third kappa shape index (κ3) is 4.42. The number of hydrogen-bond donors (Lipinski definition) is 0. The Morgan fingerprint density at radius 1 is 0.720 bits per heavy atom. The average Bonchev–Trinajstić information content (AvgIpc) is 3.03. The van der Waals surface area contributed by atoms with Crippen molar-refractivity contribution in [3.63, 3.8) is 0 Å². The number of hydrogen-bond acceptors (Lipinski definition) is 2. The van der Waals surface area contributed by atoms with Crippen LogP contribution in [0, 0.1) is 0 Å². The molecule has 25 heavy (non-hydrogen) atoms. The molecule has 2 aromatic carbocycles. The topological polar surface area (TPSA) is 18.5 Å². The fraction of sp³-hybridized carbons (Fsp3) is 0.176. The van der Waals surface area contributed by atoms with Crippen LogP contribution < -0.4 is 9.47 Å². The molecule has 1 aliphatic carbocycles. The SMILES string of the molecule is Clc1ccc(O[C@@H]2C=C[C@H](Oc3ccc(Cl)c(Br)c3Cl)C2)c(Cl)c1Br. The lowest BCUT2D eigenvalue weighted by Gasteiger charge is -2.18. The molecule has 1 aliphatic rings. The average molecular weight is 548 g/mol. The van der Waals surface area contributed by atoms with E-state index in [9.17, 15) is 0 Å². The highest BCUT2D eigenvalue weighted by molar-refractivity contribution is 9.11. The second-order valence-electron chi connectivity index (χ2n) is 5.28. The van der Waals surface area contributed by atoms with Crippen molar-refractivity contribution in [2.24, 2.45) is 0 Å². The van der Waals surface area contributed by atoms with Crippen molar-refractivity contribution in [2.75, 3.05) is 0 Å². The smallest absolute Gasteiger partial charge is 0.140 e. The Labute approximate surface area is 182 Å². The van der Waals surface area contributed by atoms with Gasteiger partial charge in [0.2, 0.25) is 0 Å². The molecule has 0 amide bonds. The summed E-state index contributed by atoms with van der Waals surface area (Å²) in [6, 6.07) is 6.93. The number of halogens is 6. The second kappa shape index (κ2) is 8.28. The van der Waals surface area contributed by atoms with Gasteiger partial charge in [-0.05, 0) is 68.3 Å². The lowest BCUT2D eigenvalue weighted by molar-refractivity contribution is 0.180. The van der Waals surface area contributed by atoms with Gasteiger partial charge in [-0.15, -0.1) is 0 Å². The van der Waals surface area contributed by atoms with Crippen molar-refractivity contribution in [1.29, 1.82) is 0 Å². The van der Waals surface area contributed by atoms with Crippen LogP contribution in [0.1, 0.15) is 6.42 Å². The van der Waals surface area contributed by atoms with Crippen molar-refractivity contribution < 1.29 is 9.47 Å². The first-order chi connectivity index (χ1) is 11.9. The van der Waals surface area contributed by atoms with Crippen LogP contribution in [0.3, 0.4) is 0 Å². The van der Waals surface area contributed by atoms with Gasteiger partial charge < -0.3 is 9.47 Å². The first kappa shape index (κ1) is 19.7. The minimum atomic E-state index is -0.162. The van der Waals surface area contributed by atoms with Gasteiger partial charge in [0, 0.05) is 6.42 Å². The first-order valence-electron chi connectivity index (χ1n) is 7.15. The number of rotatable bonds is 4. The van der Waals surface area contributed by atoms with E-state index in [1.165, 1.54) is 0 Å². The summed E-state index contributed by atoms with van der Waals surface area (Å²) in [5.74, 6) is 1.11. The summed E-state index contributed by atoms with van der Waals surface area (Å²) < 4.78 is 13.1. The van der Waals surface area contributed by atoms with E-state index in [-0.39, 0.29) is 12.2 Å². The molecule has 0 saturated heterocycles. The van der Waals surface area contributed by atoms with Gasteiger partial charge in [-0.25, -0.2) is 0 Å². The normalized spacial score (nSPS) is 19.3. The molecule has 8 heteroatoms. The summed E-state index contributed by atoms with van der Waals surface area (Å²) in [6.07, 6.45) is 4.17. The summed E-state index contributed by atoms with van der Waals surface area (Å²) in [6.45, 7) is 0. The first-order valence-corrected chi connectivity index (χ1v) is 10.2. The maximum atomic E-state index is 6.25. The maximum Gasteiger partial charge on any atom is 0.140 e. The van der Waals surface area contributed by atoms with Crippen LogP contribution in [-0.2, 0) is 0 Å². The molecule has 0 saturated carbocycles. The van der Waals surface area contributed by atoms with Gasteiger partial charge in [0.1, 0.15) is 23.7 Å². The van der Waals surface area contributed by atoms with E-state index in [1.807, 2.05) is 12.2 Å². The van der Waals surface area contributed by atoms with E-state index in [0.717, 1.165) is 0 Å². The third-order valence-electron chi connectivity index (χ3n) is 3.56. The predicted molar refractivity (Wildman–Crippen MR) is 111 cm³/mol. The van der Waals surface area contributed by atoms with Gasteiger partial charge in [0.15, 0.2) is 0 Å². The lowest BCUT2D eigenvalue weighted by Crippen LogP contribution is -2.18. The van der Waals surface area contributed by atoms with Crippen LogP contribution in [0.4, 0.5) is 0 Å². The van der Waals surface area contributed by atoms with E-state index in [0.29, 0.717) is 47.0 Å². The van der Waals surface area contributed by atoms with Gasteiger partial charge in [-0.1, -0.05) is 46.4 Å². The third-order valence-corrected chi connectivity index (χ3v) is 7.50. The Hall–Kier alpha value is -0.1000. The molecule has 0 aliphatic heterocycles. The molecule has 2 atom stereocenters. The number of ether oxygens (including phenoxy) is 2. The predicted octanol–water partition coefficient (Wildman–Crippen LogP) is 7.98. The molecule has 132 valence electrons. The van der Waals surface area contributed by atoms with Crippen LogP contribution in [0.5, 0.6) is 11.5 Å². The Morgan fingerprint density at radius 3 is 1.52 bits per heavy atom. The largest absolute Gasteiger partial charge is 0.485 e. The van der Waals surface area contributed by atoms with Crippen molar-refractivity contribution in [3.05, 3.63) is 65.5 Å². The summed E-state index contributed by atoms with van der Waals surface area (Å²) in [4.78, 5) is 0. The molecule has 0 aromatic heterocycles. The summed E-state index contributed by atoms with van der Waals surface area (Å²) in [5.41, 5.74) is 0. The van der Waals surface area contributed by atoms with Gasteiger partial charge in [-0.3, -0.25) is 0 Å². The Bertz CT molecular complexity index is 774. The van der Waals surface area contributed by atoms with Crippen LogP contribution in [-0.4, -0.2) is 12.2 Å². The van der Waals surface area contributed by atoms with Crippen LogP contribution in [0.15, 0.2) is 45.4 Å². The van der Waals surface area contributed by atoms with E-state index < -0.39 is 0 Å². The number of benzene rings is 2. The molecule has 0 fully saturated rings. The van der Waals surface area contributed by atoms with Gasteiger partial charge in [0.25, 0.3) is 0 Å². The van der Waals surface area contributed by atoms with Gasteiger partial charge >= 0.3 is 0 Å². The fourth-order valence-corrected chi connectivity index (χ4v) is 3.82. The molecule has 0 heterocycles. The molecule has 2 aromatic rings. The van der Waals surface area contributed by atoms with Crippen LogP contribution in [0.2, 0.25) is 20.1 Å². The Morgan fingerprint density at radius 2 is 1.12 bits per heavy atom. The molecule has 0 bridgehead atoms. The van der Waals surface area contributed by atoms with Crippen molar-refractivity contribution in [2.45, 2.75) is 18.6 Å². The van der Waals surface area contributed by atoms with Crippen LogP contribution >= 0.6 is 78.3 Å². The second-order valence-corrected chi connectivity index (χ2v) is 8.44. The zero-order chi connectivity index (χ0) is 18.1. The summed E-state index contributed by atoms with van der Waals surface area (Å²) in [7, 11) is 0. The van der Waals surface area contributed by atoms with E-state index in [4.69, 9.17) is 55.9 Å². The highest BCUT2D eigenvalue weighted by atomic mass is 79.9. The van der Waals surface area contributed by atoms with Gasteiger partial charge in [-0.2, -0.15) is 0 Å². The quantitative estimate of drug-likeness (QED) is 0.285. The minimum absolute atomic E-state index is 0.162. The molecule has 0 unspecified atom stereocenters. The Kier molecular flexibility index (Phi) is 6.51. The highest BCUT2D eigenvalue weighted by Gasteiger charge is 2.24. The molecule has 2 nitrogen and oxygen atoms in total. The monoisotopic (exact) mass is 544 g/mol. The highest BCUT2D eigenvalue weighted by Crippen LogP contribution is 2.40. The van der Waals surface area contributed by atoms with Crippen molar-refractivity contribution in [1.82, 2.24) is 0 Å². The zero-order valence-corrected chi connectivity index (χ0v) is 18.6. The summed E-state index contributed by atoms with van der Waals surface area (Å²) in [5, 5.41) is 1.94. The van der Waals surface area contributed by atoms with E-state index in [1.54, 1.807) is 24.3 Å². The van der Waals surface area contributed by atoms with Crippen molar-refractivity contribution in [3.8, 4) is 11.5 Å². The van der Waals surface area contributed by atoms with E-state index in [2.05, 4.69) is 31.9 Å².